The van der Waals surface area contributed by atoms with E-state index in [4.69, 9.17) is 10.8 Å². The van der Waals surface area contributed by atoms with Gasteiger partial charge in [-0.05, 0) is 24.1 Å². The Kier molecular flexibility index (Phi) is 4.88. The predicted molar refractivity (Wildman–Crippen MR) is 71.1 cm³/mol. The number of rotatable bonds is 5. The van der Waals surface area contributed by atoms with Gasteiger partial charge in [0.25, 0.3) is 0 Å². The van der Waals surface area contributed by atoms with Gasteiger partial charge in [0.15, 0.2) is 0 Å². The Hall–Kier alpha value is -2.08. The predicted octanol–water partition coefficient (Wildman–Crippen LogP) is 1.40. The highest BCUT2D eigenvalue weighted by molar-refractivity contribution is 6.00. The second kappa shape index (κ2) is 6.19. The van der Waals surface area contributed by atoms with Crippen molar-refractivity contribution < 1.29 is 19.8 Å². The van der Waals surface area contributed by atoms with Gasteiger partial charge in [-0.1, -0.05) is 13.8 Å². The Bertz CT molecular complexity index is 486. The topological polar surface area (TPSA) is 113 Å². The van der Waals surface area contributed by atoms with Crippen LogP contribution < -0.4 is 11.1 Å². The molecule has 1 unspecified atom stereocenters. The van der Waals surface area contributed by atoms with Crippen LogP contribution in [0.3, 0.4) is 0 Å². The van der Waals surface area contributed by atoms with Crippen molar-refractivity contribution in [1.82, 2.24) is 0 Å². The molecule has 0 aliphatic heterocycles. The Labute approximate surface area is 111 Å². The van der Waals surface area contributed by atoms with Crippen molar-refractivity contribution in [1.29, 1.82) is 0 Å². The lowest BCUT2D eigenvalue weighted by atomic mass is 10.0. The van der Waals surface area contributed by atoms with Gasteiger partial charge in [-0.2, -0.15) is 0 Å². The number of benzene rings is 1. The molecule has 6 nitrogen and oxygen atoms in total. The average Bonchev–Trinajstić information content (AvgIpc) is 2.30. The number of hydrogen-bond donors (Lipinski definition) is 4. The first kappa shape index (κ1) is 15.0. The molecule has 0 spiro atoms. The summed E-state index contributed by atoms with van der Waals surface area (Å²) in [5, 5.41) is 20.7. The number of carboxylic acid groups (broad SMARTS) is 1. The zero-order valence-electron chi connectivity index (χ0n) is 10.9. The number of carbonyl (C=O) groups is 2. The lowest BCUT2D eigenvalue weighted by Gasteiger charge is -2.15. The van der Waals surface area contributed by atoms with Crippen LogP contribution in [0, 0.1) is 5.92 Å². The smallest absolute Gasteiger partial charge is 0.337 e. The van der Waals surface area contributed by atoms with Crippen molar-refractivity contribution in [3.8, 4) is 5.75 Å². The number of carboxylic acids is 1. The summed E-state index contributed by atoms with van der Waals surface area (Å²) in [6.07, 6.45) is 0.109. The zero-order valence-corrected chi connectivity index (χ0v) is 10.9. The maximum absolute atomic E-state index is 11.7. The molecule has 0 aromatic heterocycles. The number of amides is 1. The highest BCUT2D eigenvalue weighted by Gasteiger charge is 2.16. The van der Waals surface area contributed by atoms with E-state index in [2.05, 4.69) is 5.32 Å². The van der Waals surface area contributed by atoms with Gasteiger partial charge < -0.3 is 21.3 Å². The molecule has 0 saturated heterocycles. The van der Waals surface area contributed by atoms with Gasteiger partial charge in [0.05, 0.1) is 11.3 Å². The molecule has 0 heterocycles. The molecular weight excluding hydrogens is 248 g/mol. The summed E-state index contributed by atoms with van der Waals surface area (Å²) in [4.78, 5) is 22.7. The molecule has 104 valence electrons. The Morgan fingerprint density at radius 1 is 1.37 bits per heavy atom. The molecular formula is C13H18N2O4. The highest BCUT2D eigenvalue weighted by Crippen LogP contribution is 2.21. The number of aromatic carboxylic acids is 1. The monoisotopic (exact) mass is 266 g/mol. The molecule has 0 fully saturated rings. The van der Waals surface area contributed by atoms with Crippen LogP contribution in [-0.2, 0) is 4.79 Å². The molecule has 5 N–H and O–H groups in total. The fourth-order valence-corrected chi connectivity index (χ4v) is 1.47. The van der Waals surface area contributed by atoms with Crippen LogP contribution in [0.1, 0.15) is 30.6 Å². The summed E-state index contributed by atoms with van der Waals surface area (Å²) in [5.41, 5.74) is 5.76. The van der Waals surface area contributed by atoms with Crippen LogP contribution in [0.25, 0.3) is 0 Å². The van der Waals surface area contributed by atoms with E-state index in [1.54, 1.807) is 0 Å². The number of nitrogens with one attached hydrogen (secondary N) is 1. The van der Waals surface area contributed by atoms with Gasteiger partial charge in [-0.25, -0.2) is 4.79 Å². The first-order valence-corrected chi connectivity index (χ1v) is 5.93. The first-order chi connectivity index (χ1) is 8.81. The number of phenolic OH excluding ortho intramolecular Hbond substituents is 1. The minimum Gasteiger partial charge on any atom is -0.508 e. The van der Waals surface area contributed by atoms with Crippen molar-refractivity contribution in [3.63, 3.8) is 0 Å². The third-order valence-corrected chi connectivity index (χ3v) is 2.79. The summed E-state index contributed by atoms with van der Waals surface area (Å²) in [6.45, 7) is 3.81. The fourth-order valence-electron chi connectivity index (χ4n) is 1.47. The Morgan fingerprint density at radius 2 is 2.00 bits per heavy atom. The summed E-state index contributed by atoms with van der Waals surface area (Å²) in [6, 6.07) is 3.45. The molecule has 0 radical (unpaired) electrons. The normalized spacial score (nSPS) is 12.2. The first-order valence-electron chi connectivity index (χ1n) is 5.93. The molecule has 19 heavy (non-hydrogen) atoms. The van der Waals surface area contributed by atoms with E-state index in [0.717, 1.165) is 6.07 Å². The van der Waals surface area contributed by atoms with Crippen molar-refractivity contribution in [2.45, 2.75) is 26.3 Å². The number of aromatic hydroxyl groups is 1. The number of hydrogen-bond acceptors (Lipinski definition) is 4. The maximum atomic E-state index is 11.7. The molecule has 1 aromatic rings. The second-order valence-electron chi connectivity index (χ2n) is 4.70. The number of carbonyl (C=O) groups excluding carboxylic acids is 1. The molecule has 0 aliphatic carbocycles. The molecule has 1 amide bonds. The molecule has 0 saturated carbocycles. The molecule has 0 aliphatic rings. The Balaban J connectivity index is 2.82. The van der Waals surface area contributed by atoms with Gasteiger partial charge in [0.2, 0.25) is 5.91 Å². The third-order valence-electron chi connectivity index (χ3n) is 2.79. The van der Waals surface area contributed by atoms with Crippen LogP contribution in [0.15, 0.2) is 18.2 Å². The molecule has 6 heteroatoms. The third kappa shape index (κ3) is 4.26. The van der Waals surface area contributed by atoms with Crippen molar-refractivity contribution >= 4 is 17.6 Å². The minimum atomic E-state index is -1.22. The SMILES string of the molecule is CC(C)C(N)CC(=O)Nc1ccc(O)cc1C(=O)O. The molecule has 1 atom stereocenters. The van der Waals surface area contributed by atoms with Crippen LogP contribution in [-0.4, -0.2) is 28.1 Å². The van der Waals surface area contributed by atoms with E-state index in [1.165, 1.54) is 12.1 Å². The van der Waals surface area contributed by atoms with Gasteiger partial charge in [-0.3, -0.25) is 4.79 Å². The highest BCUT2D eigenvalue weighted by atomic mass is 16.4. The van der Waals surface area contributed by atoms with E-state index in [9.17, 15) is 14.7 Å². The van der Waals surface area contributed by atoms with Crippen LogP contribution in [0.5, 0.6) is 5.75 Å². The summed E-state index contributed by atoms with van der Waals surface area (Å²) in [7, 11) is 0. The van der Waals surface area contributed by atoms with Crippen LogP contribution in [0.4, 0.5) is 5.69 Å². The van der Waals surface area contributed by atoms with E-state index < -0.39 is 5.97 Å². The van der Waals surface area contributed by atoms with E-state index in [1.807, 2.05) is 13.8 Å². The number of nitrogens with two attached hydrogens (primary N) is 1. The molecule has 1 rings (SSSR count). The summed E-state index contributed by atoms with van der Waals surface area (Å²) >= 11 is 0. The summed E-state index contributed by atoms with van der Waals surface area (Å²) < 4.78 is 0. The van der Waals surface area contributed by atoms with Crippen LogP contribution in [0.2, 0.25) is 0 Å². The average molecular weight is 266 g/mol. The van der Waals surface area contributed by atoms with Crippen molar-refractivity contribution in [3.05, 3.63) is 23.8 Å². The van der Waals surface area contributed by atoms with Crippen molar-refractivity contribution in [2.75, 3.05) is 5.32 Å². The lowest BCUT2D eigenvalue weighted by molar-refractivity contribution is -0.116. The number of anilines is 1. The Morgan fingerprint density at radius 3 is 2.53 bits per heavy atom. The lowest BCUT2D eigenvalue weighted by Crippen LogP contribution is -2.31. The van der Waals surface area contributed by atoms with E-state index in [0.29, 0.717) is 0 Å². The minimum absolute atomic E-state index is 0.109. The van der Waals surface area contributed by atoms with Gasteiger partial charge in [0, 0.05) is 12.5 Å². The maximum Gasteiger partial charge on any atom is 0.337 e. The zero-order chi connectivity index (χ0) is 14.6. The quantitative estimate of drug-likeness (QED) is 0.602. The summed E-state index contributed by atoms with van der Waals surface area (Å²) in [5.74, 6) is -1.59. The van der Waals surface area contributed by atoms with Gasteiger partial charge >= 0.3 is 5.97 Å². The number of phenols is 1. The van der Waals surface area contributed by atoms with Gasteiger partial charge in [-0.15, -0.1) is 0 Å². The molecule has 0 bridgehead atoms. The van der Waals surface area contributed by atoms with E-state index >= 15 is 0 Å². The standard InChI is InChI=1S/C13H18N2O4/c1-7(2)10(14)6-12(17)15-11-4-3-8(16)5-9(11)13(18)19/h3-5,7,10,16H,6,14H2,1-2H3,(H,15,17)(H,18,19). The van der Waals surface area contributed by atoms with Crippen LogP contribution >= 0.6 is 0 Å². The van der Waals surface area contributed by atoms with Gasteiger partial charge in [0.1, 0.15) is 5.75 Å². The largest absolute Gasteiger partial charge is 0.508 e. The fraction of sp³-hybridized carbons (Fsp3) is 0.385. The van der Waals surface area contributed by atoms with E-state index in [-0.39, 0.29) is 41.3 Å². The second-order valence-corrected chi connectivity index (χ2v) is 4.70. The molecule has 1 aromatic carbocycles. The van der Waals surface area contributed by atoms with Crippen molar-refractivity contribution in [2.24, 2.45) is 11.7 Å².